The van der Waals surface area contributed by atoms with Crippen molar-refractivity contribution < 1.29 is 14.7 Å². The van der Waals surface area contributed by atoms with Crippen molar-refractivity contribution >= 4 is 12.0 Å². The number of hydrogen-bond donors (Lipinski definition) is 2. The lowest BCUT2D eigenvalue weighted by Crippen LogP contribution is -2.48. The zero-order chi connectivity index (χ0) is 15.0. The number of carbonyl (C=O) groups excluding carboxylic acids is 1. The van der Waals surface area contributed by atoms with Gasteiger partial charge in [0.2, 0.25) is 0 Å². The number of urea groups is 1. The van der Waals surface area contributed by atoms with Crippen LogP contribution in [0.15, 0.2) is 18.7 Å². The first kappa shape index (κ1) is 13.9. The molecule has 2 amide bonds. The highest BCUT2D eigenvalue weighted by molar-refractivity contribution is 5.79. The number of fused-ring (bicyclic) bond motifs is 2. The molecule has 2 bridgehead atoms. The summed E-state index contributed by atoms with van der Waals surface area (Å²) in [5, 5.41) is 12.2. The van der Waals surface area contributed by atoms with E-state index in [1.807, 2.05) is 17.7 Å². The Morgan fingerprint density at radius 2 is 2.29 bits per heavy atom. The first-order valence-electron chi connectivity index (χ1n) is 7.33. The van der Waals surface area contributed by atoms with Gasteiger partial charge in [0, 0.05) is 37.1 Å². The monoisotopic (exact) mass is 292 g/mol. The van der Waals surface area contributed by atoms with Gasteiger partial charge in [-0.3, -0.25) is 4.79 Å². The topological polar surface area (TPSA) is 87.5 Å². The summed E-state index contributed by atoms with van der Waals surface area (Å²) >= 11 is 0. The van der Waals surface area contributed by atoms with E-state index in [4.69, 9.17) is 0 Å². The highest BCUT2D eigenvalue weighted by atomic mass is 16.4. The van der Waals surface area contributed by atoms with Crippen molar-refractivity contribution in [3.63, 3.8) is 0 Å². The van der Waals surface area contributed by atoms with E-state index in [1.54, 1.807) is 17.4 Å². The van der Waals surface area contributed by atoms with Crippen LogP contribution >= 0.6 is 0 Å². The fraction of sp³-hybridized carbons (Fsp3) is 0.643. The fourth-order valence-corrected chi connectivity index (χ4v) is 3.61. The third-order valence-electron chi connectivity index (χ3n) is 4.50. The molecule has 7 nitrogen and oxygen atoms in total. The Morgan fingerprint density at radius 3 is 2.90 bits per heavy atom. The Morgan fingerprint density at radius 1 is 1.48 bits per heavy atom. The lowest BCUT2D eigenvalue weighted by molar-refractivity contribution is -0.142. The molecule has 0 aromatic carbocycles. The van der Waals surface area contributed by atoms with Crippen LogP contribution in [-0.2, 0) is 11.3 Å². The standard InChI is InChI=1S/C14H20N4O3/c1-9(7-17-5-4-15-8-17)16-14(21)18-10-2-3-12(18)11(6-10)13(19)20/h4-5,8-12H,2-3,6-7H2,1H3,(H,16,21)(H,19,20). The molecule has 4 unspecified atom stereocenters. The fourth-order valence-electron chi connectivity index (χ4n) is 3.61. The summed E-state index contributed by atoms with van der Waals surface area (Å²) in [6.45, 7) is 2.59. The van der Waals surface area contributed by atoms with E-state index in [2.05, 4.69) is 10.3 Å². The van der Waals surface area contributed by atoms with Crippen molar-refractivity contribution in [1.29, 1.82) is 0 Å². The smallest absolute Gasteiger partial charge is 0.318 e. The molecular weight excluding hydrogens is 272 g/mol. The minimum Gasteiger partial charge on any atom is -0.481 e. The molecule has 0 aliphatic carbocycles. The highest BCUT2D eigenvalue weighted by Gasteiger charge is 2.51. The molecule has 0 saturated carbocycles. The molecule has 114 valence electrons. The molecule has 4 atom stereocenters. The highest BCUT2D eigenvalue weighted by Crippen LogP contribution is 2.41. The number of nitrogens with zero attached hydrogens (tertiary/aromatic N) is 3. The molecule has 21 heavy (non-hydrogen) atoms. The van der Waals surface area contributed by atoms with Gasteiger partial charge in [-0.25, -0.2) is 9.78 Å². The summed E-state index contributed by atoms with van der Waals surface area (Å²) in [4.78, 5) is 29.4. The Hall–Kier alpha value is -2.05. The average molecular weight is 292 g/mol. The molecule has 0 radical (unpaired) electrons. The summed E-state index contributed by atoms with van der Waals surface area (Å²) in [7, 11) is 0. The van der Waals surface area contributed by atoms with Gasteiger partial charge < -0.3 is 19.9 Å². The molecule has 1 aromatic rings. The third-order valence-corrected chi connectivity index (χ3v) is 4.50. The largest absolute Gasteiger partial charge is 0.481 e. The minimum atomic E-state index is -0.786. The number of aromatic nitrogens is 2. The van der Waals surface area contributed by atoms with Gasteiger partial charge in [-0.15, -0.1) is 0 Å². The van der Waals surface area contributed by atoms with Gasteiger partial charge in [-0.2, -0.15) is 0 Å². The maximum atomic E-state index is 12.4. The Labute approximate surface area is 122 Å². The third kappa shape index (κ3) is 2.59. The predicted molar refractivity (Wildman–Crippen MR) is 74.6 cm³/mol. The van der Waals surface area contributed by atoms with Crippen LogP contribution in [0.4, 0.5) is 4.79 Å². The molecule has 2 saturated heterocycles. The number of nitrogens with one attached hydrogen (secondary N) is 1. The maximum absolute atomic E-state index is 12.4. The second-order valence-corrected chi connectivity index (χ2v) is 6.00. The van der Waals surface area contributed by atoms with Crippen LogP contribution in [0.3, 0.4) is 0 Å². The van der Waals surface area contributed by atoms with Gasteiger partial charge in [0.15, 0.2) is 0 Å². The van der Waals surface area contributed by atoms with E-state index in [1.165, 1.54) is 0 Å². The van der Waals surface area contributed by atoms with Gasteiger partial charge in [-0.05, 0) is 26.2 Å². The molecule has 1 aromatic heterocycles. The van der Waals surface area contributed by atoms with Gasteiger partial charge in [0.1, 0.15) is 0 Å². The quantitative estimate of drug-likeness (QED) is 0.864. The zero-order valence-electron chi connectivity index (χ0n) is 12.0. The number of rotatable bonds is 4. The first-order valence-corrected chi connectivity index (χ1v) is 7.33. The van der Waals surface area contributed by atoms with Crippen LogP contribution in [-0.4, -0.2) is 49.7 Å². The van der Waals surface area contributed by atoms with Crippen LogP contribution < -0.4 is 5.32 Å². The molecule has 2 aliphatic rings. The van der Waals surface area contributed by atoms with Crippen molar-refractivity contribution in [2.45, 2.75) is 50.9 Å². The normalized spacial score (nSPS) is 28.6. The van der Waals surface area contributed by atoms with Gasteiger partial charge >= 0.3 is 12.0 Å². The second kappa shape index (κ2) is 5.38. The number of carboxylic acid groups (broad SMARTS) is 1. The first-order chi connectivity index (χ1) is 10.1. The average Bonchev–Trinajstić information content (AvgIpc) is 3.12. The molecule has 3 rings (SSSR count). The maximum Gasteiger partial charge on any atom is 0.318 e. The summed E-state index contributed by atoms with van der Waals surface area (Å²) < 4.78 is 1.91. The molecule has 7 heteroatoms. The minimum absolute atomic E-state index is 0.0324. The van der Waals surface area contributed by atoms with Crippen molar-refractivity contribution in [3.05, 3.63) is 18.7 Å². The number of hydrogen-bond acceptors (Lipinski definition) is 3. The van der Waals surface area contributed by atoms with E-state index in [0.29, 0.717) is 13.0 Å². The van der Waals surface area contributed by atoms with E-state index < -0.39 is 11.9 Å². The van der Waals surface area contributed by atoms with Crippen molar-refractivity contribution in [2.24, 2.45) is 5.92 Å². The van der Waals surface area contributed by atoms with Crippen molar-refractivity contribution in [1.82, 2.24) is 19.8 Å². The van der Waals surface area contributed by atoms with E-state index >= 15 is 0 Å². The Balaban J connectivity index is 1.60. The summed E-state index contributed by atoms with van der Waals surface area (Å²) in [5.74, 6) is -1.19. The number of carbonyl (C=O) groups is 2. The van der Waals surface area contributed by atoms with E-state index in [-0.39, 0.29) is 24.2 Å². The lowest BCUT2D eigenvalue weighted by Gasteiger charge is -2.25. The van der Waals surface area contributed by atoms with Crippen molar-refractivity contribution in [2.75, 3.05) is 0 Å². The summed E-state index contributed by atoms with van der Waals surface area (Å²) in [6.07, 6.45) is 7.56. The van der Waals surface area contributed by atoms with Crippen LogP contribution in [0.25, 0.3) is 0 Å². The number of imidazole rings is 1. The predicted octanol–water partition coefficient (Wildman–Crippen LogP) is 0.919. The molecule has 0 spiro atoms. The van der Waals surface area contributed by atoms with Crippen molar-refractivity contribution in [3.8, 4) is 0 Å². The van der Waals surface area contributed by atoms with Crippen LogP contribution in [0, 0.1) is 5.92 Å². The molecular formula is C14H20N4O3. The van der Waals surface area contributed by atoms with Gasteiger partial charge in [0.25, 0.3) is 0 Å². The van der Waals surface area contributed by atoms with Gasteiger partial charge in [-0.1, -0.05) is 0 Å². The number of aliphatic carboxylic acids is 1. The van der Waals surface area contributed by atoms with Crippen LogP contribution in [0.2, 0.25) is 0 Å². The molecule has 2 aliphatic heterocycles. The molecule has 2 N–H and O–H groups in total. The summed E-state index contributed by atoms with van der Waals surface area (Å²) in [5.41, 5.74) is 0. The van der Waals surface area contributed by atoms with E-state index in [9.17, 15) is 14.7 Å². The summed E-state index contributed by atoms with van der Waals surface area (Å²) in [6, 6.07) is -0.238. The lowest BCUT2D eigenvalue weighted by atomic mass is 9.89. The van der Waals surface area contributed by atoms with Crippen LogP contribution in [0.1, 0.15) is 26.2 Å². The molecule has 3 heterocycles. The van der Waals surface area contributed by atoms with Gasteiger partial charge in [0.05, 0.1) is 12.2 Å². The molecule has 2 fully saturated rings. The zero-order valence-corrected chi connectivity index (χ0v) is 12.0. The Bertz CT molecular complexity index is 530. The Kier molecular flexibility index (Phi) is 3.57. The SMILES string of the molecule is CC(Cn1ccnc1)NC(=O)N1C2CCC1C(C(=O)O)C2. The number of amides is 2. The van der Waals surface area contributed by atoms with E-state index in [0.717, 1.165) is 12.8 Å². The second-order valence-electron chi connectivity index (χ2n) is 6.00. The number of carboxylic acids is 1. The van der Waals surface area contributed by atoms with Crippen LogP contribution in [0.5, 0.6) is 0 Å².